The highest BCUT2D eigenvalue weighted by Crippen LogP contribution is 2.29. The second-order valence-corrected chi connectivity index (χ2v) is 6.06. The molecule has 0 radical (unpaired) electrons. The van der Waals surface area contributed by atoms with Crippen molar-refractivity contribution < 1.29 is 27.5 Å². The van der Waals surface area contributed by atoms with E-state index < -0.39 is 23.8 Å². The molecular weight excluding hydrogens is 373 g/mol. The Morgan fingerprint density at radius 1 is 0.964 bits per heavy atom. The van der Waals surface area contributed by atoms with Crippen molar-refractivity contribution in [2.75, 3.05) is 13.1 Å². The van der Waals surface area contributed by atoms with E-state index in [1.165, 1.54) is 0 Å². The molecule has 8 heteroatoms. The molecular formula is C20H21F3N2O3. The molecule has 0 saturated carbocycles. The van der Waals surface area contributed by atoms with Gasteiger partial charge in [0.05, 0.1) is 12.2 Å². The normalized spacial score (nSPS) is 12.3. The third kappa shape index (κ3) is 6.70. The number of halogens is 3. The zero-order valence-electron chi connectivity index (χ0n) is 15.3. The molecule has 0 fully saturated rings. The Labute approximate surface area is 160 Å². The zero-order chi connectivity index (χ0) is 20.6. The van der Waals surface area contributed by atoms with E-state index in [4.69, 9.17) is 4.74 Å². The van der Waals surface area contributed by atoms with Crippen molar-refractivity contribution in [3.8, 4) is 0 Å². The molecule has 0 saturated heterocycles. The topological polar surface area (TPSA) is 67.4 Å². The van der Waals surface area contributed by atoms with Crippen molar-refractivity contribution in [3.05, 3.63) is 71.3 Å². The molecule has 0 aliphatic rings. The van der Waals surface area contributed by atoms with Crippen molar-refractivity contribution in [3.63, 3.8) is 0 Å². The Balaban J connectivity index is 1.68. The summed E-state index contributed by atoms with van der Waals surface area (Å²) in [6.45, 7) is 2.24. The summed E-state index contributed by atoms with van der Waals surface area (Å²) in [5.41, 5.74) is 0.241. The van der Waals surface area contributed by atoms with Crippen LogP contribution >= 0.6 is 0 Å². The van der Waals surface area contributed by atoms with Gasteiger partial charge in [-0.25, -0.2) is 0 Å². The summed E-state index contributed by atoms with van der Waals surface area (Å²) in [5.74, 6) is -0.837. The molecule has 5 nitrogen and oxygen atoms in total. The number of amides is 2. The van der Waals surface area contributed by atoms with E-state index in [9.17, 15) is 22.8 Å². The molecule has 0 spiro atoms. The maximum Gasteiger partial charge on any atom is 0.416 e. The SMILES string of the molecule is CC(OCc1ccccc1)C(=O)NCCNC(=O)c1ccc(C(F)(F)F)cc1. The van der Waals surface area contributed by atoms with E-state index in [-0.39, 0.29) is 24.6 Å². The first kappa shape index (κ1) is 21.4. The Kier molecular flexibility index (Phi) is 7.57. The Bertz CT molecular complexity index is 778. The van der Waals surface area contributed by atoms with Gasteiger partial charge in [-0.15, -0.1) is 0 Å². The lowest BCUT2D eigenvalue weighted by Crippen LogP contribution is -2.39. The standard InChI is InChI=1S/C20H21F3N2O3/c1-14(28-13-15-5-3-2-4-6-15)18(26)24-11-12-25-19(27)16-7-9-17(10-8-16)20(21,22)23/h2-10,14H,11-13H2,1H3,(H,24,26)(H,25,27). The van der Waals surface area contributed by atoms with Crippen LogP contribution in [0.15, 0.2) is 54.6 Å². The molecule has 2 rings (SSSR count). The molecule has 0 aliphatic heterocycles. The van der Waals surface area contributed by atoms with Gasteiger partial charge in [-0.05, 0) is 36.8 Å². The molecule has 0 aliphatic carbocycles. The number of benzene rings is 2. The summed E-state index contributed by atoms with van der Waals surface area (Å²) >= 11 is 0. The Morgan fingerprint density at radius 3 is 2.18 bits per heavy atom. The van der Waals surface area contributed by atoms with Gasteiger partial charge in [0.1, 0.15) is 6.10 Å². The first-order valence-electron chi connectivity index (χ1n) is 8.66. The van der Waals surface area contributed by atoms with Crippen LogP contribution in [0.2, 0.25) is 0 Å². The van der Waals surface area contributed by atoms with Crippen LogP contribution in [0.5, 0.6) is 0 Å². The van der Waals surface area contributed by atoms with Crippen LogP contribution in [0.1, 0.15) is 28.4 Å². The zero-order valence-corrected chi connectivity index (χ0v) is 15.3. The van der Waals surface area contributed by atoms with Crippen LogP contribution < -0.4 is 10.6 Å². The highest BCUT2D eigenvalue weighted by atomic mass is 19.4. The number of nitrogens with one attached hydrogen (secondary N) is 2. The number of rotatable bonds is 8. The minimum Gasteiger partial charge on any atom is -0.364 e. The average Bonchev–Trinajstić information content (AvgIpc) is 2.69. The maximum atomic E-state index is 12.5. The molecule has 0 bridgehead atoms. The fourth-order valence-electron chi connectivity index (χ4n) is 2.29. The summed E-state index contributed by atoms with van der Waals surface area (Å²) in [5, 5.41) is 5.16. The van der Waals surface area contributed by atoms with Gasteiger partial charge in [-0.2, -0.15) is 13.2 Å². The van der Waals surface area contributed by atoms with Crippen molar-refractivity contribution in [1.29, 1.82) is 0 Å². The number of hydrogen-bond acceptors (Lipinski definition) is 3. The van der Waals surface area contributed by atoms with Crippen LogP contribution in [0, 0.1) is 0 Å². The monoisotopic (exact) mass is 394 g/mol. The van der Waals surface area contributed by atoms with E-state index in [0.29, 0.717) is 6.61 Å². The third-order valence-corrected chi connectivity index (χ3v) is 3.90. The molecule has 2 aromatic rings. The van der Waals surface area contributed by atoms with Gasteiger partial charge in [-0.3, -0.25) is 9.59 Å². The van der Waals surface area contributed by atoms with E-state index >= 15 is 0 Å². The molecule has 2 amide bonds. The predicted molar refractivity (Wildman–Crippen MR) is 97.5 cm³/mol. The second kappa shape index (κ2) is 9.89. The molecule has 1 unspecified atom stereocenters. The minimum absolute atomic E-state index is 0.110. The molecule has 2 N–H and O–H groups in total. The highest BCUT2D eigenvalue weighted by Gasteiger charge is 2.30. The van der Waals surface area contributed by atoms with Crippen LogP contribution in [0.4, 0.5) is 13.2 Å². The fourth-order valence-corrected chi connectivity index (χ4v) is 2.29. The van der Waals surface area contributed by atoms with E-state index in [1.54, 1.807) is 6.92 Å². The number of carbonyl (C=O) groups is 2. The van der Waals surface area contributed by atoms with Crippen LogP contribution in [0.25, 0.3) is 0 Å². The van der Waals surface area contributed by atoms with Crippen molar-refractivity contribution in [2.45, 2.75) is 25.8 Å². The van der Waals surface area contributed by atoms with Crippen LogP contribution in [-0.2, 0) is 22.3 Å². The first-order chi connectivity index (χ1) is 13.3. The van der Waals surface area contributed by atoms with Gasteiger partial charge in [0, 0.05) is 18.7 Å². The van der Waals surface area contributed by atoms with Gasteiger partial charge >= 0.3 is 6.18 Å². The second-order valence-electron chi connectivity index (χ2n) is 6.06. The van der Waals surface area contributed by atoms with E-state index in [2.05, 4.69) is 10.6 Å². The smallest absolute Gasteiger partial charge is 0.364 e. The van der Waals surface area contributed by atoms with Crippen molar-refractivity contribution >= 4 is 11.8 Å². The van der Waals surface area contributed by atoms with Crippen molar-refractivity contribution in [2.24, 2.45) is 0 Å². The molecule has 150 valence electrons. The summed E-state index contributed by atoms with van der Waals surface area (Å²) in [7, 11) is 0. The summed E-state index contributed by atoms with van der Waals surface area (Å²) in [6, 6.07) is 13.3. The number of alkyl halides is 3. The fraction of sp³-hybridized carbons (Fsp3) is 0.300. The van der Waals surface area contributed by atoms with Crippen molar-refractivity contribution in [1.82, 2.24) is 10.6 Å². The van der Waals surface area contributed by atoms with Gasteiger partial charge in [0.15, 0.2) is 0 Å². The van der Waals surface area contributed by atoms with Crippen LogP contribution in [0.3, 0.4) is 0 Å². The lowest BCUT2D eigenvalue weighted by atomic mass is 10.1. The van der Waals surface area contributed by atoms with E-state index in [1.807, 2.05) is 30.3 Å². The number of hydrogen-bond donors (Lipinski definition) is 2. The van der Waals surface area contributed by atoms with Gasteiger partial charge in [0.2, 0.25) is 5.91 Å². The Hall–Kier alpha value is -2.87. The van der Waals surface area contributed by atoms with Gasteiger partial charge in [0.25, 0.3) is 5.91 Å². The Morgan fingerprint density at radius 2 is 1.57 bits per heavy atom. The lowest BCUT2D eigenvalue weighted by molar-refractivity contribution is -0.137. The number of ether oxygens (including phenoxy) is 1. The lowest BCUT2D eigenvalue weighted by Gasteiger charge is -2.14. The third-order valence-electron chi connectivity index (χ3n) is 3.90. The molecule has 28 heavy (non-hydrogen) atoms. The average molecular weight is 394 g/mol. The highest BCUT2D eigenvalue weighted by molar-refractivity contribution is 5.94. The summed E-state index contributed by atoms with van der Waals surface area (Å²) in [6.07, 6.45) is -5.11. The van der Waals surface area contributed by atoms with Gasteiger partial charge in [-0.1, -0.05) is 30.3 Å². The summed E-state index contributed by atoms with van der Waals surface area (Å²) in [4.78, 5) is 23.9. The number of carbonyl (C=O) groups excluding carboxylic acids is 2. The van der Waals surface area contributed by atoms with Gasteiger partial charge < -0.3 is 15.4 Å². The molecule has 0 aromatic heterocycles. The summed E-state index contributed by atoms with van der Waals surface area (Å²) < 4.78 is 43.0. The first-order valence-corrected chi connectivity index (χ1v) is 8.66. The minimum atomic E-state index is -4.45. The molecule has 0 heterocycles. The maximum absolute atomic E-state index is 12.5. The molecule has 1 atom stereocenters. The quantitative estimate of drug-likeness (QED) is 0.676. The largest absolute Gasteiger partial charge is 0.416 e. The van der Waals surface area contributed by atoms with E-state index in [0.717, 1.165) is 29.8 Å². The van der Waals surface area contributed by atoms with Crippen LogP contribution in [-0.4, -0.2) is 31.0 Å². The molecule has 2 aromatic carbocycles. The predicted octanol–water partition coefficient (Wildman–Crippen LogP) is 3.16.